The van der Waals surface area contributed by atoms with E-state index in [-0.39, 0.29) is 29.6 Å². The molecule has 0 bridgehead atoms. The summed E-state index contributed by atoms with van der Waals surface area (Å²) >= 11 is 0. The number of nitrogens with zero attached hydrogens (tertiary/aromatic N) is 6. The van der Waals surface area contributed by atoms with Crippen molar-refractivity contribution in [1.82, 2.24) is 29.3 Å². The van der Waals surface area contributed by atoms with Crippen LogP contribution in [0, 0.1) is 0 Å². The van der Waals surface area contributed by atoms with E-state index >= 15 is 0 Å². The number of aromatic nitrogens is 6. The van der Waals surface area contributed by atoms with Gasteiger partial charge in [0.2, 0.25) is 5.91 Å². The maximum absolute atomic E-state index is 13.5. The Labute approximate surface area is 212 Å². The minimum atomic E-state index is -3.76. The van der Waals surface area contributed by atoms with Gasteiger partial charge in [-0.3, -0.25) is 9.59 Å². The van der Waals surface area contributed by atoms with Gasteiger partial charge in [0.15, 0.2) is 11.5 Å². The highest BCUT2D eigenvalue weighted by Gasteiger charge is 2.44. The highest BCUT2D eigenvalue weighted by atomic mass is 19.3. The van der Waals surface area contributed by atoms with Crippen molar-refractivity contribution in [2.45, 2.75) is 31.7 Å². The van der Waals surface area contributed by atoms with E-state index in [1.165, 1.54) is 29.4 Å². The van der Waals surface area contributed by atoms with Crippen LogP contribution in [0.3, 0.4) is 0 Å². The predicted molar refractivity (Wildman–Crippen MR) is 131 cm³/mol. The number of fused-ring (bicyclic) bond motifs is 3. The number of carbonyl (C=O) groups excluding carboxylic acids is 1. The van der Waals surface area contributed by atoms with Gasteiger partial charge in [0.25, 0.3) is 5.56 Å². The molecule has 3 aromatic heterocycles. The number of imidazole rings is 2. The van der Waals surface area contributed by atoms with Crippen molar-refractivity contribution >= 4 is 33.7 Å². The molecule has 5 aromatic rings. The van der Waals surface area contributed by atoms with Gasteiger partial charge in [-0.25, -0.2) is 14.6 Å². The maximum atomic E-state index is 13.5. The molecule has 2 aromatic carbocycles. The second kappa shape index (κ2) is 7.84. The van der Waals surface area contributed by atoms with Gasteiger partial charge in [0.1, 0.15) is 23.3 Å². The third kappa shape index (κ3) is 3.57. The number of anilines is 1. The molecule has 0 spiro atoms. The Kier molecular flexibility index (Phi) is 4.62. The van der Waals surface area contributed by atoms with E-state index in [1.807, 2.05) is 29.8 Å². The highest BCUT2D eigenvalue weighted by molar-refractivity contribution is 5.95. The van der Waals surface area contributed by atoms with Gasteiger partial charge in [0.05, 0.1) is 23.7 Å². The van der Waals surface area contributed by atoms with Crippen LogP contribution in [0.5, 0.6) is 11.5 Å². The molecule has 1 N–H and O–H groups in total. The summed E-state index contributed by atoms with van der Waals surface area (Å²) in [5.74, 6) is -0.688. The molecule has 13 heteroatoms. The van der Waals surface area contributed by atoms with Crippen LogP contribution in [0.2, 0.25) is 0 Å². The third-order valence-corrected chi connectivity index (χ3v) is 6.66. The Morgan fingerprint density at radius 1 is 1.16 bits per heavy atom. The van der Waals surface area contributed by atoms with Crippen molar-refractivity contribution in [2.24, 2.45) is 7.05 Å². The fourth-order valence-electron chi connectivity index (χ4n) is 4.74. The lowest BCUT2D eigenvalue weighted by Gasteiger charge is -2.23. The second-order valence-electron chi connectivity index (χ2n) is 9.29. The first-order valence-electron chi connectivity index (χ1n) is 11.8. The van der Waals surface area contributed by atoms with Gasteiger partial charge >= 0.3 is 6.29 Å². The summed E-state index contributed by atoms with van der Waals surface area (Å²) in [5.41, 5.74) is 3.28. The van der Waals surface area contributed by atoms with E-state index < -0.39 is 17.8 Å². The Balaban J connectivity index is 1.27. The molecular weight excluding hydrogens is 500 g/mol. The number of aryl methyl sites for hydroxylation is 1. The van der Waals surface area contributed by atoms with E-state index in [1.54, 1.807) is 6.33 Å². The normalized spacial score (nSPS) is 15.9. The van der Waals surface area contributed by atoms with Crippen LogP contribution in [0.1, 0.15) is 12.8 Å². The number of halogens is 2. The number of benzene rings is 2. The van der Waals surface area contributed by atoms with Crippen molar-refractivity contribution in [3.63, 3.8) is 0 Å². The zero-order valence-corrected chi connectivity index (χ0v) is 19.9. The molecule has 7 rings (SSSR count). The predicted octanol–water partition coefficient (Wildman–Crippen LogP) is 3.19. The molecule has 1 amide bonds. The molecule has 0 atom stereocenters. The lowest BCUT2D eigenvalue weighted by atomic mass is 10.1. The van der Waals surface area contributed by atoms with Crippen LogP contribution < -0.4 is 19.9 Å². The van der Waals surface area contributed by atoms with Crippen LogP contribution >= 0.6 is 0 Å². The SMILES string of the molecule is Cn1cnc2ccc(-c3nn(CC(=O)N(c4ccc5c(c4)OC(F)(F)O5)C4CC4)c(=O)c4[nH]cnc34)cc21. The summed E-state index contributed by atoms with van der Waals surface area (Å²) in [4.78, 5) is 39.8. The fraction of sp³-hybridized carbons (Fsp3) is 0.240. The molecule has 11 nitrogen and oxygen atoms in total. The van der Waals surface area contributed by atoms with Gasteiger partial charge in [-0.2, -0.15) is 5.10 Å². The van der Waals surface area contributed by atoms with E-state index in [9.17, 15) is 18.4 Å². The number of alkyl halides is 2. The smallest absolute Gasteiger partial charge is 0.395 e. The molecule has 0 unspecified atom stereocenters. The lowest BCUT2D eigenvalue weighted by molar-refractivity contribution is -0.286. The monoisotopic (exact) mass is 519 g/mol. The molecule has 1 saturated carbocycles. The second-order valence-corrected chi connectivity index (χ2v) is 9.29. The molecule has 1 aliphatic carbocycles. The lowest BCUT2D eigenvalue weighted by Crippen LogP contribution is -2.39. The number of ether oxygens (including phenoxy) is 2. The maximum Gasteiger partial charge on any atom is 0.586 e. The van der Waals surface area contributed by atoms with Gasteiger partial charge < -0.3 is 23.9 Å². The average molecular weight is 519 g/mol. The van der Waals surface area contributed by atoms with Crippen molar-refractivity contribution in [3.05, 3.63) is 59.4 Å². The number of aromatic amines is 1. The molecule has 2 aliphatic rings. The van der Waals surface area contributed by atoms with Gasteiger partial charge in [0, 0.05) is 30.4 Å². The van der Waals surface area contributed by atoms with Crippen molar-refractivity contribution in [1.29, 1.82) is 0 Å². The minimum absolute atomic E-state index is 0.112. The Morgan fingerprint density at radius 3 is 2.79 bits per heavy atom. The zero-order valence-electron chi connectivity index (χ0n) is 19.9. The number of H-pyrrole nitrogens is 1. The molecule has 1 fully saturated rings. The van der Waals surface area contributed by atoms with Crippen LogP contribution in [0.25, 0.3) is 33.3 Å². The van der Waals surface area contributed by atoms with Gasteiger partial charge in [-0.05, 0) is 37.1 Å². The topological polar surface area (TPSA) is 120 Å². The van der Waals surface area contributed by atoms with E-state index in [4.69, 9.17) is 0 Å². The van der Waals surface area contributed by atoms with Crippen LogP contribution in [-0.2, 0) is 18.4 Å². The average Bonchev–Trinajstić information content (AvgIpc) is 3.31. The summed E-state index contributed by atoms with van der Waals surface area (Å²) in [6.07, 6.45) is 0.837. The molecule has 4 heterocycles. The number of nitrogens with one attached hydrogen (secondary N) is 1. The van der Waals surface area contributed by atoms with Crippen molar-refractivity contribution < 1.29 is 23.0 Å². The van der Waals surface area contributed by atoms with Crippen molar-refractivity contribution in [3.8, 4) is 22.8 Å². The third-order valence-electron chi connectivity index (χ3n) is 6.66. The summed E-state index contributed by atoms with van der Waals surface area (Å²) < 4.78 is 39.0. The summed E-state index contributed by atoms with van der Waals surface area (Å²) in [7, 11) is 1.87. The van der Waals surface area contributed by atoms with Gasteiger partial charge in [-0.15, -0.1) is 8.78 Å². The summed E-state index contributed by atoms with van der Waals surface area (Å²) in [5, 5.41) is 4.54. The number of hydrogen-bond donors (Lipinski definition) is 1. The molecule has 0 saturated heterocycles. The summed E-state index contributed by atoms with van der Waals surface area (Å²) in [6.45, 7) is -0.365. The molecule has 192 valence electrons. The Morgan fingerprint density at radius 2 is 1.97 bits per heavy atom. The van der Waals surface area contributed by atoms with Crippen molar-refractivity contribution in [2.75, 3.05) is 4.90 Å². The molecular formula is C25H19F2N7O4. The number of rotatable bonds is 5. The fourth-order valence-corrected chi connectivity index (χ4v) is 4.74. The standard InChI is InChI=1S/C25H19F2N7O4/c1-32-12-30-16-6-2-13(8-17(16)32)21-22-23(29-11-28-22)24(36)33(31-21)10-20(35)34(14-3-4-14)15-5-7-18-19(9-15)38-25(26,27)37-18/h2,5-9,11-12,14H,3-4,10H2,1H3,(H,28,29). The Bertz CT molecular complexity index is 1820. The van der Waals surface area contributed by atoms with Crippen LogP contribution in [0.4, 0.5) is 14.5 Å². The van der Waals surface area contributed by atoms with E-state index in [0.717, 1.165) is 28.6 Å². The Hall–Kier alpha value is -4.81. The minimum Gasteiger partial charge on any atom is -0.395 e. The first-order chi connectivity index (χ1) is 18.3. The molecule has 0 radical (unpaired) electrons. The quantitative estimate of drug-likeness (QED) is 0.379. The van der Waals surface area contributed by atoms with Crippen LogP contribution in [-0.4, -0.2) is 47.5 Å². The highest BCUT2D eigenvalue weighted by Crippen LogP contribution is 2.44. The number of hydrogen-bond acceptors (Lipinski definition) is 7. The zero-order chi connectivity index (χ0) is 26.2. The van der Waals surface area contributed by atoms with Gasteiger partial charge in [-0.1, -0.05) is 6.07 Å². The first kappa shape index (κ1) is 22.4. The van der Waals surface area contributed by atoms with Crippen LogP contribution in [0.15, 0.2) is 53.8 Å². The number of carbonyl (C=O) groups is 1. The largest absolute Gasteiger partial charge is 0.586 e. The summed E-state index contributed by atoms with van der Waals surface area (Å²) in [6, 6.07) is 9.65. The van der Waals surface area contributed by atoms with E-state index in [0.29, 0.717) is 22.5 Å². The first-order valence-corrected chi connectivity index (χ1v) is 11.8. The van der Waals surface area contributed by atoms with E-state index in [2.05, 4.69) is 29.5 Å². The molecule has 1 aliphatic heterocycles. The molecule has 38 heavy (non-hydrogen) atoms. The number of amides is 1.